The number of rotatable bonds is 2. The van der Waals surface area contributed by atoms with Gasteiger partial charge in [0.2, 0.25) is 0 Å². The summed E-state index contributed by atoms with van der Waals surface area (Å²) in [5.74, 6) is -3.07. The Morgan fingerprint density at radius 2 is 1.80 bits per heavy atom. The second kappa shape index (κ2) is 4.59. The normalized spacial score (nSPS) is 13.4. The van der Waals surface area contributed by atoms with E-state index in [0.717, 1.165) is 23.4 Å². The smallest absolute Gasteiger partial charge is 0.335 e. The highest BCUT2D eigenvalue weighted by molar-refractivity contribution is 5.88. The van der Waals surface area contributed by atoms with Crippen molar-refractivity contribution in [1.82, 2.24) is 0 Å². The van der Waals surface area contributed by atoms with Gasteiger partial charge in [-0.2, -0.15) is 0 Å². The monoisotopic (exact) mass is 275 g/mol. The van der Waals surface area contributed by atoms with E-state index in [9.17, 15) is 13.6 Å². The van der Waals surface area contributed by atoms with E-state index in [1.165, 1.54) is 0 Å². The van der Waals surface area contributed by atoms with Crippen LogP contribution in [0, 0.1) is 11.6 Å². The second-order valence-corrected chi connectivity index (χ2v) is 4.62. The van der Waals surface area contributed by atoms with Gasteiger partial charge in [-0.3, -0.25) is 0 Å². The fourth-order valence-corrected chi connectivity index (χ4v) is 2.52. The maximum Gasteiger partial charge on any atom is 0.335 e. The number of carbonyl (C=O) groups is 1. The highest BCUT2D eigenvalue weighted by Crippen LogP contribution is 2.37. The van der Waals surface area contributed by atoms with Crippen molar-refractivity contribution in [3.8, 4) is 0 Å². The number of hydrogen-bond donors (Lipinski definition) is 1. The predicted octanol–water partition coefficient (Wildman–Crippen LogP) is 3.36. The lowest BCUT2D eigenvalue weighted by atomic mass is 10.1. The fourth-order valence-electron chi connectivity index (χ4n) is 2.52. The lowest BCUT2D eigenvalue weighted by Crippen LogP contribution is -2.17. The van der Waals surface area contributed by atoms with Gasteiger partial charge in [-0.25, -0.2) is 13.6 Å². The van der Waals surface area contributed by atoms with Crippen molar-refractivity contribution >= 4 is 17.3 Å². The average molecular weight is 275 g/mol. The zero-order chi connectivity index (χ0) is 14.3. The molecule has 2 aromatic carbocycles. The Kier molecular flexibility index (Phi) is 2.89. The van der Waals surface area contributed by atoms with Crippen LogP contribution in [0.3, 0.4) is 0 Å². The molecule has 5 heteroatoms. The van der Waals surface area contributed by atoms with Crippen LogP contribution in [0.1, 0.15) is 15.9 Å². The quantitative estimate of drug-likeness (QED) is 0.913. The molecule has 3 nitrogen and oxygen atoms in total. The minimum atomic E-state index is -1.35. The van der Waals surface area contributed by atoms with Crippen LogP contribution >= 0.6 is 0 Å². The summed E-state index contributed by atoms with van der Waals surface area (Å²) in [7, 11) is 0. The van der Waals surface area contributed by atoms with Gasteiger partial charge >= 0.3 is 5.97 Å². The van der Waals surface area contributed by atoms with Crippen molar-refractivity contribution in [1.29, 1.82) is 0 Å². The van der Waals surface area contributed by atoms with Crippen LogP contribution in [0.15, 0.2) is 36.4 Å². The highest BCUT2D eigenvalue weighted by Gasteiger charge is 2.26. The first kappa shape index (κ1) is 12.6. The standard InChI is InChI=1S/C15H11F2NO2/c16-11-7-10(15(19)20)8-12(17)14(11)18-6-5-9-3-1-2-4-13(9)18/h1-4,7-8H,5-6H2,(H,19,20). The summed E-state index contributed by atoms with van der Waals surface area (Å²) >= 11 is 0. The van der Waals surface area contributed by atoms with Crippen molar-refractivity contribution in [3.63, 3.8) is 0 Å². The molecular weight excluding hydrogens is 264 g/mol. The van der Waals surface area contributed by atoms with Crippen LogP contribution in [0.5, 0.6) is 0 Å². The van der Waals surface area contributed by atoms with Crippen molar-refractivity contribution in [2.45, 2.75) is 6.42 Å². The molecule has 0 unspecified atom stereocenters. The number of para-hydroxylation sites is 1. The summed E-state index contributed by atoms with van der Waals surface area (Å²) in [6, 6.07) is 9.09. The van der Waals surface area contributed by atoms with E-state index in [1.54, 1.807) is 17.0 Å². The Morgan fingerprint density at radius 3 is 2.45 bits per heavy atom. The van der Waals surface area contributed by atoms with Gasteiger partial charge in [-0.15, -0.1) is 0 Å². The summed E-state index contributed by atoms with van der Waals surface area (Å²) < 4.78 is 28.1. The van der Waals surface area contributed by atoms with Gasteiger partial charge in [0.1, 0.15) is 5.69 Å². The molecule has 1 aliphatic rings. The molecule has 0 saturated heterocycles. The molecule has 102 valence electrons. The van der Waals surface area contributed by atoms with Crippen LogP contribution in [0.2, 0.25) is 0 Å². The van der Waals surface area contributed by atoms with Gasteiger partial charge in [-0.1, -0.05) is 18.2 Å². The van der Waals surface area contributed by atoms with Crippen molar-refractivity contribution < 1.29 is 18.7 Å². The Morgan fingerprint density at radius 1 is 1.15 bits per heavy atom. The van der Waals surface area contributed by atoms with Crippen LogP contribution in [0.4, 0.5) is 20.2 Å². The third-order valence-electron chi connectivity index (χ3n) is 3.42. The zero-order valence-electron chi connectivity index (χ0n) is 10.4. The Labute approximate surface area is 114 Å². The van der Waals surface area contributed by atoms with E-state index in [2.05, 4.69) is 0 Å². The molecular formula is C15H11F2NO2. The number of fused-ring (bicyclic) bond motifs is 1. The third-order valence-corrected chi connectivity index (χ3v) is 3.42. The van der Waals surface area contributed by atoms with E-state index in [4.69, 9.17) is 5.11 Å². The molecule has 0 bridgehead atoms. The van der Waals surface area contributed by atoms with Crippen molar-refractivity contribution in [2.75, 3.05) is 11.4 Å². The molecule has 0 spiro atoms. The largest absolute Gasteiger partial charge is 0.478 e. The summed E-state index contributed by atoms with van der Waals surface area (Å²) in [5, 5.41) is 8.80. The maximum absolute atomic E-state index is 14.1. The molecule has 0 saturated carbocycles. The Bertz CT molecular complexity index is 677. The maximum atomic E-state index is 14.1. The number of benzene rings is 2. The molecule has 0 radical (unpaired) electrons. The molecule has 0 fully saturated rings. The van der Waals surface area contributed by atoms with Gasteiger partial charge in [-0.05, 0) is 30.2 Å². The Hall–Kier alpha value is -2.43. The second-order valence-electron chi connectivity index (χ2n) is 4.62. The van der Waals surface area contributed by atoms with Gasteiger partial charge < -0.3 is 10.0 Å². The number of halogens is 2. The predicted molar refractivity (Wildman–Crippen MR) is 70.5 cm³/mol. The zero-order valence-corrected chi connectivity index (χ0v) is 10.4. The minimum Gasteiger partial charge on any atom is -0.478 e. The minimum absolute atomic E-state index is 0.194. The number of anilines is 2. The van der Waals surface area contributed by atoms with E-state index >= 15 is 0 Å². The van der Waals surface area contributed by atoms with Crippen LogP contribution in [-0.4, -0.2) is 17.6 Å². The molecule has 0 amide bonds. The SMILES string of the molecule is O=C(O)c1cc(F)c(N2CCc3ccccc32)c(F)c1. The van der Waals surface area contributed by atoms with E-state index in [0.29, 0.717) is 13.0 Å². The number of hydrogen-bond acceptors (Lipinski definition) is 2. The topological polar surface area (TPSA) is 40.5 Å². The van der Waals surface area contributed by atoms with Gasteiger partial charge in [0, 0.05) is 12.2 Å². The molecule has 2 aromatic rings. The van der Waals surface area contributed by atoms with Crippen molar-refractivity contribution in [3.05, 3.63) is 59.2 Å². The summed E-state index contributed by atoms with van der Waals surface area (Å²) in [4.78, 5) is 12.3. The number of nitrogens with zero attached hydrogens (tertiary/aromatic N) is 1. The van der Waals surface area contributed by atoms with Crippen molar-refractivity contribution in [2.24, 2.45) is 0 Å². The van der Waals surface area contributed by atoms with Crippen LogP contribution in [-0.2, 0) is 6.42 Å². The lowest BCUT2D eigenvalue weighted by molar-refractivity contribution is 0.0696. The number of aromatic carboxylic acids is 1. The molecule has 3 rings (SSSR count). The molecule has 1 N–H and O–H groups in total. The molecule has 20 heavy (non-hydrogen) atoms. The third kappa shape index (κ3) is 1.91. The van der Waals surface area contributed by atoms with Crippen LogP contribution < -0.4 is 4.90 Å². The van der Waals surface area contributed by atoms with E-state index in [-0.39, 0.29) is 5.69 Å². The lowest BCUT2D eigenvalue weighted by Gasteiger charge is -2.21. The van der Waals surface area contributed by atoms with E-state index < -0.39 is 23.2 Å². The molecule has 0 atom stereocenters. The van der Waals surface area contributed by atoms with Gasteiger partial charge in [0.05, 0.1) is 5.56 Å². The first-order chi connectivity index (χ1) is 9.58. The summed E-state index contributed by atoms with van der Waals surface area (Å²) in [6.07, 6.45) is 0.704. The van der Waals surface area contributed by atoms with Crippen LogP contribution in [0.25, 0.3) is 0 Å². The molecule has 1 heterocycles. The van der Waals surface area contributed by atoms with Gasteiger partial charge in [0.15, 0.2) is 11.6 Å². The number of carboxylic acid groups (broad SMARTS) is 1. The fraction of sp³-hybridized carbons (Fsp3) is 0.133. The Balaban J connectivity index is 2.11. The summed E-state index contributed by atoms with van der Waals surface area (Å²) in [6.45, 7) is 0.472. The first-order valence-corrected chi connectivity index (χ1v) is 6.15. The molecule has 0 aromatic heterocycles. The van der Waals surface area contributed by atoms with Gasteiger partial charge in [0.25, 0.3) is 0 Å². The number of carboxylic acids is 1. The average Bonchev–Trinajstić information content (AvgIpc) is 2.82. The molecule has 1 aliphatic heterocycles. The first-order valence-electron chi connectivity index (χ1n) is 6.15. The van der Waals surface area contributed by atoms with E-state index in [1.807, 2.05) is 12.1 Å². The molecule has 0 aliphatic carbocycles. The summed E-state index contributed by atoms with van der Waals surface area (Å²) in [5.41, 5.74) is 1.19. The highest BCUT2D eigenvalue weighted by atomic mass is 19.1.